The average Bonchev–Trinajstić information content (AvgIpc) is 2.30. The number of rotatable bonds is 3. The van der Waals surface area contributed by atoms with Crippen molar-refractivity contribution in [3.05, 3.63) is 63.7 Å². The molecule has 2 aromatic rings. The lowest BCUT2D eigenvalue weighted by Gasteiger charge is -1.90. The second-order valence-electron chi connectivity index (χ2n) is 3.23. The van der Waals surface area contributed by atoms with Gasteiger partial charge in [-0.15, -0.1) is 0 Å². The summed E-state index contributed by atoms with van der Waals surface area (Å²) < 4.78 is 2.53. The molecule has 2 rings (SSSR count). The molecule has 0 bridgehead atoms. The Kier molecular flexibility index (Phi) is 3.61. The van der Waals surface area contributed by atoms with Gasteiger partial charge in [0, 0.05) is 0 Å². The third kappa shape index (κ3) is 3.23. The van der Waals surface area contributed by atoms with Crippen molar-refractivity contribution in [2.24, 2.45) is 0 Å². The molecule has 0 unspecified atom stereocenters. The van der Waals surface area contributed by atoms with E-state index in [0.717, 1.165) is 4.43 Å². The number of phenolic OH excluding ortho intramolecular Hbond substituents is 1. The van der Waals surface area contributed by atoms with Gasteiger partial charge >= 0.3 is 21.2 Å². The molecule has 0 aliphatic carbocycles. The van der Waals surface area contributed by atoms with Gasteiger partial charge in [0.1, 0.15) is 5.75 Å². The van der Waals surface area contributed by atoms with E-state index in [9.17, 15) is 0 Å². The summed E-state index contributed by atoms with van der Waals surface area (Å²) in [6, 6.07) is 18.1. The molecule has 0 aliphatic heterocycles. The first-order chi connectivity index (χ1) is 7.34. The van der Waals surface area contributed by atoms with Crippen LogP contribution in [0, 0.1) is 3.57 Å². The predicted molar refractivity (Wildman–Crippen MR) is 56.9 cm³/mol. The van der Waals surface area contributed by atoms with Crippen LogP contribution >= 0.6 is 0 Å². The van der Waals surface area contributed by atoms with E-state index in [1.165, 1.54) is 9.13 Å². The fourth-order valence-electron chi connectivity index (χ4n) is 1.25. The normalized spacial score (nSPS) is 10.1. The second kappa shape index (κ2) is 5.16. The molecule has 0 aliphatic rings. The van der Waals surface area contributed by atoms with Gasteiger partial charge in [-0.3, -0.25) is 0 Å². The molecule has 2 heteroatoms. The van der Waals surface area contributed by atoms with Crippen molar-refractivity contribution in [3.8, 4) is 5.75 Å². The molecular formula is C13H12IO+. The molecule has 0 fully saturated rings. The van der Waals surface area contributed by atoms with Gasteiger partial charge in [-0.2, -0.15) is 0 Å². The van der Waals surface area contributed by atoms with Crippen molar-refractivity contribution < 1.29 is 26.3 Å². The lowest BCUT2D eigenvalue weighted by molar-refractivity contribution is -0.643. The number of halogens is 1. The summed E-state index contributed by atoms with van der Waals surface area (Å²) in [5.74, 6) is 0.350. The maximum absolute atomic E-state index is 9.15. The van der Waals surface area contributed by atoms with Crippen molar-refractivity contribution in [2.45, 2.75) is 4.43 Å². The van der Waals surface area contributed by atoms with Crippen LogP contribution < -0.4 is 21.2 Å². The number of hydrogen-bond donors (Lipinski definition) is 1. The van der Waals surface area contributed by atoms with Gasteiger partial charge in [0.2, 0.25) is 0 Å². The van der Waals surface area contributed by atoms with Crippen LogP contribution in [0.25, 0.3) is 0 Å². The first kappa shape index (κ1) is 10.5. The minimum Gasteiger partial charge on any atom is -0.508 e. The first-order valence-electron chi connectivity index (χ1n) is 4.77. The Balaban J connectivity index is 1.96. The molecule has 76 valence electrons. The Morgan fingerprint density at radius 2 is 1.53 bits per heavy atom. The van der Waals surface area contributed by atoms with Crippen molar-refractivity contribution in [2.75, 3.05) is 0 Å². The van der Waals surface area contributed by atoms with Gasteiger partial charge in [-0.1, -0.05) is 30.3 Å². The van der Waals surface area contributed by atoms with Crippen LogP contribution in [-0.2, 0) is 4.43 Å². The maximum Gasteiger partial charge on any atom is 0.318 e. The van der Waals surface area contributed by atoms with Crippen LogP contribution in [0.5, 0.6) is 5.75 Å². The molecule has 0 aromatic heterocycles. The zero-order chi connectivity index (χ0) is 10.5. The number of alkyl halides is 1. The minimum atomic E-state index is 0.0242. The Morgan fingerprint density at radius 3 is 2.20 bits per heavy atom. The summed E-state index contributed by atoms with van der Waals surface area (Å²) in [6.07, 6.45) is 0. The lowest BCUT2D eigenvalue weighted by Crippen LogP contribution is -3.61. The van der Waals surface area contributed by atoms with E-state index in [-0.39, 0.29) is 21.2 Å². The smallest absolute Gasteiger partial charge is 0.318 e. The van der Waals surface area contributed by atoms with Crippen LogP contribution in [0.3, 0.4) is 0 Å². The SMILES string of the molecule is Oc1ccc([I+]Cc2ccccc2)cc1. The molecule has 2 aromatic carbocycles. The zero-order valence-electron chi connectivity index (χ0n) is 8.23. The average molecular weight is 311 g/mol. The number of hydrogen-bond acceptors (Lipinski definition) is 1. The third-order valence-corrected chi connectivity index (χ3v) is 4.91. The van der Waals surface area contributed by atoms with Gasteiger partial charge in [-0.25, -0.2) is 0 Å². The minimum absolute atomic E-state index is 0.0242. The summed E-state index contributed by atoms with van der Waals surface area (Å²) >= 11 is 0.0242. The lowest BCUT2D eigenvalue weighted by atomic mass is 10.2. The molecule has 0 saturated heterocycles. The summed E-state index contributed by atoms with van der Waals surface area (Å²) in [7, 11) is 0. The molecule has 15 heavy (non-hydrogen) atoms. The van der Waals surface area contributed by atoms with Crippen molar-refractivity contribution in [1.82, 2.24) is 0 Å². The standard InChI is InChI=1S/C13H11IO/c15-13-8-6-12(7-9-13)14-10-11-4-2-1-3-5-11/h1-9H,10H2/p+1. The summed E-state index contributed by atoms with van der Waals surface area (Å²) in [4.78, 5) is 0. The number of phenols is 1. The molecule has 0 atom stereocenters. The Morgan fingerprint density at radius 1 is 0.867 bits per heavy atom. The summed E-state index contributed by atoms with van der Waals surface area (Å²) in [6.45, 7) is 0. The highest BCUT2D eigenvalue weighted by Gasteiger charge is 2.11. The summed E-state index contributed by atoms with van der Waals surface area (Å²) in [5, 5.41) is 9.15. The van der Waals surface area contributed by atoms with Gasteiger partial charge in [0.25, 0.3) is 0 Å². The van der Waals surface area contributed by atoms with Gasteiger partial charge < -0.3 is 5.11 Å². The van der Waals surface area contributed by atoms with Crippen LogP contribution in [0.1, 0.15) is 5.56 Å². The molecule has 1 nitrogen and oxygen atoms in total. The Labute approximate surface area is 100 Å². The fraction of sp³-hybridized carbons (Fsp3) is 0.0769. The molecule has 0 saturated carbocycles. The van der Waals surface area contributed by atoms with Gasteiger partial charge in [0.05, 0.1) is 0 Å². The van der Waals surface area contributed by atoms with E-state index >= 15 is 0 Å². The molecule has 0 heterocycles. The van der Waals surface area contributed by atoms with E-state index in [4.69, 9.17) is 5.11 Å². The van der Waals surface area contributed by atoms with Crippen LogP contribution in [0.2, 0.25) is 0 Å². The van der Waals surface area contributed by atoms with E-state index < -0.39 is 0 Å². The molecule has 1 N–H and O–H groups in total. The first-order valence-corrected chi connectivity index (χ1v) is 7.37. The molecular weight excluding hydrogens is 299 g/mol. The quantitative estimate of drug-likeness (QED) is 0.618. The van der Waals surface area contributed by atoms with E-state index in [2.05, 4.69) is 24.3 Å². The monoisotopic (exact) mass is 311 g/mol. The van der Waals surface area contributed by atoms with Crippen molar-refractivity contribution in [1.29, 1.82) is 0 Å². The zero-order valence-corrected chi connectivity index (χ0v) is 10.4. The van der Waals surface area contributed by atoms with E-state index in [1.54, 1.807) is 12.1 Å². The Bertz CT molecular complexity index is 408. The van der Waals surface area contributed by atoms with Crippen molar-refractivity contribution >= 4 is 0 Å². The van der Waals surface area contributed by atoms with Gasteiger partial charge in [0.15, 0.2) is 8.00 Å². The second-order valence-corrected chi connectivity index (χ2v) is 6.00. The molecule has 0 radical (unpaired) electrons. The maximum atomic E-state index is 9.15. The number of benzene rings is 2. The van der Waals surface area contributed by atoms with Crippen LogP contribution in [0.4, 0.5) is 0 Å². The molecule has 0 spiro atoms. The van der Waals surface area contributed by atoms with Crippen molar-refractivity contribution in [3.63, 3.8) is 0 Å². The van der Waals surface area contributed by atoms with E-state index in [0.29, 0.717) is 5.75 Å². The highest BCUT2D eigenvalue weighted by Crippen LogP contribution is 2.03. The van der Waals surface area contributed by atoms with Crippen LogP contribution in [0.15, 0.2) is 54.6 Å². The Hall–Kier alpha value is -1.03. The predicted octanol–water partition coefficient (Wildman–Crippen LogP) is -0.149. The van der Waals surface area contributed by atoms with E-state index in [1.807, 2.05) is 18.2 Å². The highest BCUT2D eigenvalue weighted by atomic mass is 127. The topological polar surface area (TPSA) is 20.2 Å². The van der Waals surface area contributed by atoms with Gasteiger partial charge in [-0.05, 0) is 29.8 Å². The molecule has 0 amide bonds. The number of aromatic hydroxyl groups is 1. The third-order valence-electron chi connectivity index (χ3n) is 2.04. The highest BCUT2D eigenvalue weighted by molar-refractivity contribution is 5.18. The fourth-order valence-corrected chi connectivity index (χ4v) is 3.51. The summed E-state index contributed by atoms with van der Waals surface area (Å²) in [5.41, 5.74) is 1.40. The van der Waals surface area contributed by atoms with Crippen LogP contribution in [-0.4, -0.2) is 5.11 Å². The largest absolute Gasteiger partial charge is 0.508 e.